The van der Waals surface area contributed by atoms with Gasteiger partial charge in [-0.05, 0) is 37.1 Å². The van der Waals surface area contributed by atoms with Crippen molar-refractivity contribution in [1.29, 1.82) is 0 Å². The molecule has 0 spiro atoms. The third kappa shape index (κ3) is 3.15. The standard InChI is InChI=1S/C14H19ClN4/c1-9-4-5-11(7-13(9)15)14(17-16)8-12-6-10(2)18-19(12)3/h4-7,14,17H,8,16H2,1-3H3. The fourth-order valence-corrected chi connectivity index (χ4v) is 2.35. The lowest BCUT2D eigenvalue weighted by Crippen LogP contribution is -2.30. The number of aromatic nitrogens is 2. The minimum atomic E-state index is 0.0212. The van der Waals surface area contributed by atoms with Gasteiger partial charge in [-0.1, -0.05) is 23.7 Å². The van der Waals surface area contributed by atoms with E-state index in [1.165, 1.54) is 0 Å². The fraction of sp³-hybridized carbons (Fsp3) is 0.357. The van der Waals surface area contributed by atoms with Crippen molar-refractivity contribution in [3.05, 3.63) is 51.8 Å². The molecule has 0 aliphatic rings. The molecule has 1 atom stereocenters. The first-order valence-electron chi connectivity index (χ1n) is 6.23. The van der Waals surface area contributed by atoms with Crippen molar-refractivity contribution in [2.45, 2.75) is 26.3 Å². The highest BCUT2D eigenvalue weighted by Gasteiger charge is 2.14. The zero-order valence-electron chi connectivity index (χ0n) is 11.4. The molecule has 0 saturated heterocycles. The van der Waals surface area contributed by atoms with E-state index < -0.39 is 0 Å². The van der Waals surface area contributed by atoms with Crippen LogP contribution in [0.1, 0.15) is 28.6 Å². The number of benzene rings is 1. The smallest absolute Gasteiger partial charge is 0.0596 e. The Kier molecular flexibility index (Phi) is 4.24. The summed E-state index contributed by atoms with van der Waals surface area (Å²) in [7, 11) is 1.94. The van der Waals surface area contributed by atoms with Crippen LogP contribution in [0.25, 0.3) is 0 Å². The SMILES string of the molecule is Cc1cc(CC(NN)c2ccc(C)c(Cl)c2)n(C)n1. The van der Waals surface area contributed by atoms with Gasteiger partial charge in [-0.2, -0.15) is 5.10 Å². The molecule has 2 rings (SSSR count). The highest BCUT2D eigenvalue weighted by molar-refractivity contribution is 6.31. The summed E-state index contributed by atoms with van der Waals surface area (Å²) < 4.78 is 1.88. The molecule has 0 aliphatic carbocycles. The van der Waals surface area contributed by atoms with Gasteiger partial charge in [0.25, 0.3) is 0 Å². The number of nitrogens with one attached hydrogen (secondary N) is 1. The number of hydrogen-bond donors (Lipinski definition) is 2. The Balaban J connectivity index is 2.24. The lowest BCUT2D eigenvalue weighted by atomic mass is 10.0. The van der Waals surface area contributed by atoms with E-state index >= 15 is 0 Å². The summed E-state index contributed by atoms with van der Waals surface area (Å²) in [4.78, 5) is 0. The van der Waals surface area contributed by atoms with E-state index in [1.807, 2.05) is 37.7 Å². The Bertz CT molecular complexity index is 577. The second-order valence-corrected chi connectivity index (χ2v) is 5.24. The highest BCUT2D eigenvalue weighted by atomic mass is 35.5. The van der Waals surface area contributed by atoms with E-state index in [-0.39, 0.29) is 6.04 Å². The van der Waals surface area contributed by atoms with Gasteiger partial charge in [0.2, 0.25) is 0 Å². The van der Waals surface area contributed by atoms with Gasteiger partial charge in [-0.3, -0.25) is 16.0 Å². The molecule has 0 amide bonds. The minimum Gasteiger partial charge on any atom is -0.272 e. The van der Waals surface area contributed by atoms with Crippen LogP contribution < -0.4 is 11.3 Å². The Morgan fingerprint density at radius 1 is 1.37 bits per heavy atom. The maximum Gasteiger partial charge on any atom is 0.0596 e. The van der Waals surface area contributed by atoms with Crippen molar-refractivity contribution in [3.63, 3.8) is 0 Å². The number of hydrogen-bond acceptors (Lipinski definition) is 3. The molecule has 1 aromatic heterocycles. The third-order valence-electron chi connectivity index (χ3n) is 3.31. The van der Waals surface area contributed by atoms with Gasteiger partial charge >= 0.3 is 0 Å². The van der Waals surface area contributed by atoms with E-state index in [1.54, 1.807) is 0 Å². The molecule has 102 valence electrons. The number of nitrogens with zero attached hydrogens (tertiary/aromatic N) is 2. The number of rotatable bonds is 4. The molecule has 2 aromatic rings. The first-order chi connectivity index (χ1) is 9.01. The Labute approximate surface area is 118 Å². The predicted molar refractivity (Wildman–Crippen MR) is 77.9 cm³/mol. The number of halogens is 1. The minimum absolute atomic E-state index is 0.0212. The molecule has 3 N–H and O–H groups in total. The van der Waals surface area contributed by atoms with E-state index in [0.29, 0.717) is 0 Å². The molecule has 19 heavy (non-hydrogen) atoms. The lowest BCUT2D eigenvalue weighted by molar-refractivity contribution is 0.530. The van der Waals surface area contributed by atoms with E-state index in [4.69, 9.17) is 17.4 Å². The summed E-state index contributed by atoms with van der Waals surface area (Å²) in [6.45, 7) is 3.97. The Morgan fingerprint density at radius 3 is 2.63 bits per heavy atom. The van der Waals surface area contributed by atoms with Crippen molar-refractivity contribution in [2.24, 2.45) is 12.9 Å². The van der Waals surface area contributed by atoms with E-state index in [0.717, 1.165) is 34.0 Å². The van der Waals surface area contributed by atoms with Crippen LogP contribution >= 0.6 is 11.6 Å². The summed E-state index contributed by atoms with van der Waals surface area (Å²) in [6.07, 6.45) is 0.771. The molecule has 1 heterocycles. The van der Waals surface area contributed by atoms with Gasteiger partial charge in [-0.25, -0.2) is 0 Å². The van der Waals surface area contributed by atoms with Gasteiger partial charge in [0.15, 0.2) is 0 Å². The molecule has 0 fully saturated rings. The van der Waals surface area contributed by atoms with Crippen molar-refractivity contribution in [3.8, 4) is 0 Å². The monoisotopic (exact) mass is 278 g/mol. The Hall–Kier alpha value is -1.36. The summed E-state index contributed by atoms with van der Waals surface area (Å²) in [5.41, 5.74) is 7.14. The maximum atomic E-state index is 6.17. The van der Waals surface area contributed by atoms with Crippen LogP contribution in [0.2, 0.25) is 5.02 Å². The lowest BCUT2D eigenvalue weighted by Gasteiger charge is -2.17. The van der Waals surface area contributed by atoms with E-state index in [9.17, 15) is 0 Å². The van der Waals surface area contributed by atoms with Crippen LogP contribution in [0.4, 0.5) is 0 Å². The highest BCUT2D eigenvalue weighted by Crippen LogP contribution is 2.23. The van der Waals surface area contributed by atoms with Gasteiger partial charge in [0.05, 0.1) is 11.7 Å². The zero-order valence-corrected chi connectivity index (χ0v) is 12.2. The van der Waals surface area contributed by atoms with Crippen LogP contribution in [0.3, 0.4) is 0 Å². The van der Waals surface area contributed by atoms with Crippen LogP contribution in [-0.4, -0.2) is 9.78 Å². The molecule has 1 aromatic carbocycles. The molecular formula is C14H19ClN4. The molecule has 5 heteroatoms. The summed E-state index contributed by atoms with van der Waals surface area (Å²) in [5, 5.41) is 5.11. The number of hydrazine groups is 1. The summed E-state index contributed by atoms with van der Waals surface area (Å²) in [6, 6.07) is 8.11. The van der Waals surface area contributed by atoms with Crippen LogP contribution in [0.5, 0.6) is 0 Å². The molecule has 0 aliphatic heterocycles. The van der Waals surface area contributed by atoms with Crippen molar-refractivity contribution >= 4 is 11.6 Å². The number of nitrogens with two attached hydrogens (primary N) is 1. The molecule has 0 radical (unpaired) electrons. The largest absolute Gasteiger partial charge is 0.272 e. The summed E-state index contributed by atoms with van der Waals surface area (Å²) >= 11 is 6.17. The maximum absolute atomic E-state index is 6.17. The molecule has 0 bridgehead atoms. The second kappa shape index (κ2) is 5.74. The third-order valence-corrected chi connectivity index (χ3v) is 3.72. The van der Waals surface area contributed by atoms with Crippen molar-refractivity contribution in [2.75, 3.05) is 0 Å². The number of aryl methyl sites for hydroxylation is 3. The molecule has 0 saturated carbocycles. The first-order valence-corrected chi connectivity index (χ1v) is 6.60. The normalized spacial score (nSPS) is 12.7. The van der Waals surface area contributed by atoms with Crippen molar-refractivity contribution < 1.29 is 0 Å². The van der Waals surface area contributed by atoms with Crippen LogP contribution in [0, 0.1) is 13.8 Å². The quantitative estimate of drug-likeness (QED) is 0.667. The zero-order chi connectivity index (χ0) is 14.0. The van der Waals surface area contributed by atoms with Gasteiger partial charge in [-0.15, -0.1) is 0 Å². The Morgan fingerprint density at radius 2 is 2.11 bits per heavy atom. The van der Waals surface area contributed by atoms with Gasteiger partial charge in [0.1, 0.15) is 0 Å². The fourth-order valence-electron chi connectivity index (χ4n) is 2.16. The first kappa shape index (κ1) is 14.1. The van der Waals surface area contributed by atoms with Gasteiger partial charge in [0, 0.05) is 24.2 Å². The summed E-state index contributed by atoms with van der Waals surface area (Å²) in [5.74, 6) is 5.67. The molecule has 4 nitrogen and oxygen atoms in total. The van der Waals surface area contributed by atoms with Crippen LogP contribution in [0.15, 0.2) is 24.3 Å². The predicted octanol–water partition coefficient (Wildman–Crippen LogP) is 2.44. The van der Waals surface area contributed by atoms with Crippen molar-refractivity contribution in [1.82, 2.24) is 15.2 Å². The molecular weight excluding hydrogens is 260 g/mol. The van der Waals surface area contributed by atoms with Crippen LogP contribution in [-0.2, 0) is 13.5 Å². The average molecular weight is 279 g/mol. The van der Waals surface area contributed by atoms with E-state index in [2.05, 4.69) is 22.7 Å². The second-order valence-electron chi connectivity index (χ2n) is 4.83. The topological polar surface area (TPSA) is 55.9 Å². The average Bonchev–Trinajstić information content (AvgIpc) is 2.68. The van der Waals surface area contributed by atoms with Gasteiger partial charge < -0.3 is 0 Å². The molecule has 1 unspecified atom stereocenters.